The van der Waals surface area contributed by atoms with Crippen LogP contribution < -0.4 is 10.6 Å². The monoisotopic (exact) mass is 208 g/mol. The van der Waals surface area contributed by atoms with Crippen LogP contribution in [0.25, 0.3) is 0 Å². The molecule has 5 heteroatoms. The van der Waals surface area contributed by atoms with E-state index in [-0.39, 0.29) is 6.04 Å². The molecule has 2 aliphatic rings. The van der Waals surface area contributed by atoms with E-state index in [1.807, 2.05) is 6.92 Å². The van der Waals surface area contributed by atoms with Gasteiger partial charge in [-0.1, -0.05) is 5.10 Å². The van der Waals surface area contributed by atoms with E-state index in [1.54, 1.807) is 0 Å². The highest BCUT2D eigenvalue weighted by Crippen LogP contribution is 2.39. The molecule has 1 aliphatic heterocycles. The standard InChI is InChI=1S/C10H16N4O/c1-6(11)9-12-13-10(15-9)14-5-7-2-3-8(14)4-7/h6-8H,2-5,11H2,1H3. The van der Waals surface area contributed by atoms with E-state index in [4.69, 9.17) is 10.2 Å². The molecule has 0 amide bonds. The molecule has 82 valence electrons. The third kappa shape index (κ3) is 1.42. The zero-order valence-corrected chi connectivity index (χ0v) is 8.89. The molecular formula is C10H16N4O. The summed E-state index contributed by atoms with van der Waals surface area (Å²) < 4.78 is 5.56. The lowest BCUT2D eigenvalue weighted by atomic mass is 10.1. The Kier molecular flexibility index (Phi) is 1.95. The summed E-state index contributed by atoms with van der Waals surface area (Å²) in [6.45, 7) is 2.93. The molecule has 15 heavy (non-hydrogen) atoms. The summed E-state index contributed by atoms with van der Waals surface area (Å²) in [7, 11) is 0. The molecular weight excluding hydrogens is 192 g/mol. The minimum absolute atomic E-state index is 0.175. The lowest BCUT2D eigenvalue weighted by Crippen LogP contribution is -2.32. The third-order valence-electron chi connectivity index (χ3n) is 3.47. The van der Waals surface area contributed by atoms with Crippen LogP contribution in [0.4, 0.5) is 6.01 Å². The highest BCUT2D eigenvalue weighted by atomic mass is 16.4. The molecule has 1 aromatic rings. The number of nitrogens with zero attached hydrogens (tertiary/aromatic N) is 3. The van der Waals surface area contributed by atoms with Gasteiger partial charge in [0.05, 0.1) is 6.04 Å². The number of fused-ring (bicyclic) bond motifs is 2. The normalized spacial score (nSPS) is 31.2. The van der Waals surface area contributed by atoms with Gasteiger partial charge in [-0.05, 0) is 32.1 Å². The van der Waals surface area contributed by atoms with Crippen molar-refractivity contribution >= 4 is 6.01 Å². The van der Waals surface area contributed by atoms with Gasteiger partial charge >= 0.3 is 6.01 Å². The minimum Gasteiger partial charge on any atom is -0.406 e. The first kappa shape index (κ1) is 9.15. The van der Waals surface area contributed by atoms with Crippen molar-refractivity contribution in [3.8, 4) is 0 Å². The van der Waals surface area contributed by atoms with E-state index >= 15 is 0 Å². The van der Waals surface area contributed by atoms with Gasteiger partial charge in [-0.2, -0.15) is 0 Å². The Hall–Kier alpha value is -1.10. The second-order valence-corrected chi connectivity index (χ2v) is 4.70. The number of anilines is 1. The van der Waals surface area contributed by atoms with Gasteiger partial charge in [-0.3, -0.25) is 0 Å². The van der Waals surface area contributed by atoms with Crippen molar-refractivity contribution in [1.82, 2.24) is 10.2 Å². The first-order chi connectivity index (χ1) is 7.24. The molecule has 1 saturated carbocycles. The Labute approximate surface area is 88.6 Å². The lowest BCUT2D eigenvalue weighted by Gasteiger charge is -2.24. The molecule has 5 nitrogen and oxygen atoms in total. The first-order valence-electron chi connectivity index (χ1n) is 5.59. The quantitative estimate of drug-likeness (QED) is 0.787. The smallest absolute Gasteiger partial charge is 0.318 e. The van der Waals surface area contributed by atoms with Crippen molar-refractivity contribution in [1.29, 1.82) is 0 Å². The summed E-state index contributed by atoms with van der Waals surface area (Å²) in [4.78, 5) is 2.24. The average molecular weight is 208 g/mol. The zero-order valence-electron chi connectivity index (χ0n) is 8.89. The minimum atomic E-state index is -0.175. The highest BCUT2D eigenvalue weighted by molar-refractivity contribution is 5.31. The van der Waals surface area contributed by atoms with Crippen LogP contribution in [0, 0.1) is 5.92 Å². The van der Waals surface area contributed by atoms with Crippen molar-refractivity contribution < 1.29 is 4.42 Å². The van der Waals surface area contributed by atoms with Gasteiger partial charge in [0.2, 0.25) is 5.89 Å². The SMILES string of the molecule is CC(N)c1nnc(N2CC3CCC2C3)o1. The number of hydrogen-bond acceptors (Lipinski definition) is 5. The number of piperidine rings is 1. The third-order valence-corrected chi connectivity index (χ3v) is 3.47. The fourth-order valence-electron chi connectivity index (χ4n) is 2.69. The molecule has 1 aromatic heterocycles. The second kappa shape index (κ2) is 3.20. The van der Waals surface area contributed by atoms with Crippen molar-refractivity contribution in [2.75, 3.05) is 11.4 Å². The molecule has 0 radical (unpaired) electrons. The first-order valence-corrected chi connectivity index (χ1v) is 5.59. The van der Waals surface area contributed by atoms with Gasteiger partial charge in [0.1, 0.15) is 0 Å². The van der Waals surface area contributed by atoms with Gasteiger partial charge < -0.3 is 15.1 Å². The van der Waals surface area contributed by atoms with Crippen LogP contribution in [0.2, 0.25) is 0 Å². The van der Waals surface area contributed by atoms with Gasteiger partial charge in [-0.25, -0.2) is 0 Å². The summed E-state index contributed by atoms with van der Waals surface area (Å²) in [6, 6.07) is 1.11. The average Bonchev–Trinajstić information content (AvgIpc) is 2.93. The van der Waals surface area contributed by atoms with E-state index in [0.717, 1.165) is 12.5 Å². The van der Waals surface area contributed by atoms with E-state index in [0.29, 0.717) is 17.9 Å². The number of aromatic nitrogens is 2. The number of nitrogens with two attached hydrogens (primary N) is 1. The Balaban J connectivity index is 1.81. The summed E-state index contributed by atoms with van der Waals surface area (Å²) in [5, 5.41) is 8.03. The van der Waals surface area contributed by atoms with E-state index in [9.17, 15) is 0 Å². The topological polar surface area (TPSA) is 68.2 Å². The molecule has 2 bridgehead atoms. The van der Waals surface area contributed by atoms with Crippen molar-refractivity contribution in [2.45, 2.75) is 38.3 Å². The number of rotatable bonds is 2. The predicted octanol–water partition coefficient (Wildman–Crippen LogP) is 1.08. The van der Waals surface area contributed by atoms with Gasteiger partial charge in [0.15, 0.2) is 0 Å². The van der Waals surface area contributed by atoms with Crippen LogP contribution in [0.3, 0.4) is 0 Å². The largest absolute Gasteiger partial charge is 0.406 e. The van der Waals surface area contributed by atoms with Crippen LogP contribution in [-0.2, 0) is 0 Å². The fraction of sp³-hybridized carbons (Fsp3) is 0.800. The Morgan fingerprint density at radius 2 is 2.33 bits per heavy atom. The molecule has 2 fully saturated rings. The molecule has 3 atom stereocenters. The molecule has 2 N–H and O–H groups in total. The Morgan fingerprint density at radius 1 is 1.47 bits per heavy atom. The van der Waals surface area contributed by atoms with E-state index in [1.165, 1.54) is 19.3 Å². The lowest BCUT2D eigenvalue weighted by molar-refractivity contribution is 0.438. The fourth-order valence-corrected chi connectivity index (χ4v) is 2.69. The number of hydrogen-bond donors (Lipinski definition) is 1. The molecule has 0 spiro atoms. The molecule has 1 saturated heterocycles. The van der Waals surface area contributed by atoms with Crippen molar-refractivity contribution in [3.63, 3.8) is 0 Å². The second-order valence-electron chi connectivity index (χ2n) is 4.70. The summed E-state index contributed by atoms with van der Waals surface area (Å²) in [5.74, 6) is 1.37. The maximum atomic E-state index is 5.69. The van der Waals surface area contributed by atoms with E-state index < -0.39 is 0 Å². The van der Waals surface area contributed by atoms with Crippen molar-refractivity contribution in [2.24, 2.45) is 11.7 Å². The molecule has 2 heterocycles. The molecule has 1 aliphatic carbocycles. The maximum Gasteiger partial charge on any atom is 0.318 e. The van der Waals surface area contributed by atoms with Crippen molar-refractivity contribution in [3.05, 3.63) is 5.89 Å². The zero-order chi connectivity index (χ0) is 10.4. The van der Waals surface area contributed by atoms with Crippen LogP contribution in [-0.4, -0.2) is 22.8 Å². The maximum absolute atomic E-state index is 5.69. The Morgan fingerprint density at radius 3 is 2.87 bits per heavy atom. The molecule has 3 unspecified atom stereocenters. The van der Waals surface area contributed by atoms with Gasteiger partial charge in [-0.15, -0.1) is 5.10 Å². The predicted molar refractivity (Wildman–Crippen MR) is 55.4 cm³/mol. The van der Waals surface area contributed by atoms with Crippen LogP contribution in [0.15, 0.2) is 4.42 Å². The summed E-state index contributed by atoms with van der Waals surface area (Å²) in [5.41, 5.74) is 5.69. The molecule has 3 rings (SSSR count). The van der Waals surface area contributed by atoms with Gasteiger partial charge in [0.25, 0.3) is 0 Å². The summed E-state index contributed by atoms with van der Waals surface area (Å²) >= 11 is 0. The van der Waals surface area contributed by atoms with E-state index in [2.05, 4.69) is 15.1 Å². The van der Waals surface area contributed by atoms with Gasteiger partial charge in [0, 0.05) is 12.6 Å². The Bertz CT molecular complexity index is 362. The highest BCUT2D eigenvalue weighted by Gasteiger charge is 2.40. The summed E-state index contributed by atoms with van der Waals surface area (Å²) in [6.07, 6.45) is 3.91. The van der Waals surface area contributed by atoms with Crippen LogP contribution in [0.5, 0.6) is 0 Å². The molecule has 0 aromatic carbocycles. The van der Waals surface area contributed by atoms with Crippen LogP contribution in [0.1, 0.15) is 38.1 Å². The van der Waals surface area contributed by atoms with Crippen LogP contribution >= 0.6 is 0 Å².